The van der Waals surface area contributed by atoms with Crippen LogP contribution >= 0.6 is 15.9 Å². The molecule has 0 saturated heterocycles. The van der Waals surface area contributed by atoms with E-state index in [1.807, 2.05) is 6.07 Å². The van der Waals surface area contributed by atoms with Crippen LogP contribution in [0.3, 0.4) is 0 Å². The third-order valence-electron chi connectivity index (χ3n) is 2.86. The smallest absolute Gasteiger partial charge is 0.380 e. The molecule has 6 heteroatoms. The molecule has 0 amide bonds. The van der Waals surface area contributed by atoms with Crippen LogP contribution in [0, 0.1) is 11.3 Å². The highest BCUT2D eigenvalue weighted by molar-refractivity contribution is 9.10. The standard InChI is InChI=1S/C15H10BrF3N2/c16-13-7-12(15(17,18)19)5-6-14(13)21-9-11-3-1-10(8-20)2-4-11/h1-7,21H,9H2. The van der Waals surface area contributed by atoms with Gasteiger partial charge < -0.3 is 5.32 Å². The summed E-state index contributed by atoms with van der Waals surface area (Å²) in [5, 5.41) is 11.7. The predicted molar refractivity (Wildman–Crippen MR) is 77.6 cm³/mol. The van der Waals surface area contributed by atoms with Crippen LogP contribution in [0.4, 0.5) is 18.9 Å². The highest BCUT2D eigenvalue weighted by Gasteiger charge is 2.30. The monoisotopic (exact) mass is 354 g/mol. The van der Waals surface area contributed by atoms with Crippen LogP contribution in [0.5, 0.6) is 0 Å². The van der Waals surface area contributed by atoms with Crippen LogP contribution in [0.25, 0.3) is 0 Å². The Morgan fingerprint density at radius 2 is 1.76 bits per heavy atom. The number of benzene rings is 2. The highest BCUT2D eigenvalue weighted by atomic mass is 79.9. The van der Waals surface area contributed by atoms with Gasteiger partial charge in [0.1, 0.15) is 0 Å². The minimum atomic E-state index is -4.35. The van der Waals surface area contributed by atoms with Gasteiger partial charge in [0.2, 0.25) is 0 Å². The SMILES string of the molecule is N#Cc1ccc(CNc2ccc(C(F)(F)F)cc2Br)cc1. The Hall–Kier alpha value is -2.00. The second kappa shape index (κ2) is 6.19. The molecular formula is C15H10BrF3N2. The maximum absolute atomic E-state index is 12.6. The zero-order valence-electron chi connectivity index (χ0n) is 10.7. The van der Waals surface area contributed by atoms with Gasteiger partial charge in [0.25, 0.3) is 0 Å². The van der Waals surface area contributed by atoms with Crippen LogP contribution < -0.4 is 5.32 Å². The maximum atomic E-state index is 12.6. The Kier molecular flexibility index (Phi) is 4.53. The molecule has 21 heavy (non-hydrogen) atoms. The lowest BCUT2D eigenvalue weighted by Crippen LogP contribution is -2.06. The van der Waals surface area contributed by atoms with E-state index in [9.17, 15) is 13.2 Å². The van der Waals surface area contributed by atoms with E-state index in [1.165, 1.54) is 6.07 Å². The molecule has 0 aliphatic rings. The summed E-state index contributed by atoms with van der Waals surface area (Å²) in [6.45, 7) is 0.454. The van der Waals surface area contributed by atoms with Crippen molar-refractivity contribution in [1.29, 1.82) is 5.26 Å². The molecule has 0 aromatic heterocycles. The summed E-state index contributed by atoms with van der Waals surface area (Å²) >= 11 is 3.13. The zero-order chi connectivity index (χ0) is 15.5. The third-order valence-corrected chi connectivity index (χ3v) is 3.52. The number of hydrogen-bond donors (Lipinski definition) is 1. The summed E-state index contributed by atoms with van der Waals surface area (Å²) < 4.78 is 38.0. The molecule has 0 radical (unpaired) electrons. The zero-order valence-corrected chi connectivity index (χ0v) is 12.3. The second-order valence-corrected chi connectivity index (χ2v) is 5.21. The normalized spacial score (nSPS) is 11.0. The maximum Gasteiger partial charge on any atom is 0.416 e. The molecule has 2 aromatic rings. The molecule has 0 heterocycles. The van der Waals surface area contributed by atoms with Crippen LogP contribution in [-0.4, -0.2) is 0 Å². The molecule has 1 N–H and O–H groups in total. The van der Waals surface area contributed by atoms with Crippen LogP contribution in [0.1, 0.15) is 16.7 Å². The van der Waals surface area contributed by atoms with Gasteiger partial charge >= 0.3 is 6.18 Å². The number of nitrogens with one attached hydrogen (secondary N) is 1. The number of anilines is 1. The van der Waals surface area contributed by atoms with Gasteiger partial charge in [-0.05, 0) is 51.8 Å². The van der Waals surface area contributed by atoms with Crippen molar-refractivity contribution in [3.8, 4) is 6.07 Å². The van der Waals surface area contributed by atoms with Crippen molar-refractivity contribution < 1.29 is 13.2 Å². The van der Waals surface area contributed by atoms with E-state index in [0.29, 0.717) is 22.3 Å². The molecule has 2 aromatic carbocycles. The Bertz CT molecular complexity index is 673. The first-order chi connectivity index (χ1) is 9.90. The van der Waals surface area contributed by atoms with E-state index < -0.39 is 11.7 Å². The quantitative estimate of drug-likeness (QED) is 0.846. The van der Waals surface area contributed by atoms with Gasteiger partial charge in [-0.3, -0.25) is 0 Å². The molecule has 0 atom stereocenters. The fourth-order valence-electron chi connectivity index (χ4n) is 1.73. The van der Waals surface area contributed by atoms with E-state index in [0.717, 1.165) is 17.7 Å². The number of halogens is 4. The van der Waals surface area contributed by atoms with Crippen LogP contribution in [-0.2, 0) is 12.7 Å². The lowest BCUT2D eigenvalue weighted by Gasteiger charge is -2.12. The molecule has 0 bridgehead atoms. The number of nitriles is 1. The first-order valence-electron chi connectivity index (χ1n) is 6.00. The summed E-state index contributed by atoms with van der Waals surface area (Å²) in [7, 11) is 0. The molecule has 0 unspecified atom stereocenters. The lowest BCUT2D eigenvalue weighted by atomic mass is 10.1. The summed E-state index contributed by atoms with van der Waals surface area (Å²) in [6.07, 6.45) is -4.35. The van der Waals surface area contributed by atoms with Gasteiger partial charge in [-0.15, -0.1) is 0 Å². The Labute approximate surface area is 128 Å². The van der Waals surface area contributed by atoms with E-state index >= 15 is 0 Å². The van der Waals surface area contributed by atoms with Crippen molar-refractivity contribution in [1.82, 2.24) is 0 Å². The fourth-order valence-corrected chi connectivity index (χ4v) is 2.25. The number of alkyl halides is 3. The largest absolute Gasteiger partial charge is 0.416 e. The van der Waals surface area contributed by atoms with Crippen molar-refractivity contribution in [2.24, 2.45) is 0 Å². The molecule has 108 valence electrons. The molecule has 0 fully saturated rings. The van der Waals surface area contributed by atoms with Crippen LogP contribution in [0.2, 0.25) is 0 Å². The van der Waals surface area contributed by atoms with E-state index in [-0.39, 0.29) is 0 Å². The first-order valence-corrected chi connectivity index (χ1v) is 6.79. The van der Waals surface area contributed by atoms with Gasteiger partial charge in [0, 0.05) is 16.7 Å². The minimum absolute atomic E-state index is 0.353. The average Bonchev–Trinajstić information content (AvgIpc) is 2.45. The molecule has 0 spiro atoms. The topological polar surface area (TPSA) is 35.8 Å². The van der Waals surface area contributed by atoms with Gasteiger partial charge in [0.05, 0.1) is 17.2 Å². The van der Waals surface area contributed by atoms with E-state index in [2.05, 4.69) is 21.2 Å². The lowest BCUT2D eigenvalue weighted by molar-refractivity contribution is -0.137. The van der Waals surface area contributed by atoms with Crippen molar-refractivity contribution in [3.05, 3.63) is 63.6 Å². The van der Waals surface area contributed by atoms with Gasteiger partial charge in [0.15, 0.2) is 0 Å². The summed E-state index contributed by atoms with van der Waals surface area (Å²) in [5.74, 6) is 0. The van der Waals surface area contributed by atoms with Gasteiger partial charge in [-0.1, -0.05) is 12.1 Å². The average molecular weight is 355 g/mol. The number of nitrogens with zero attached hydrogens (tertiary/aromatic N) is 1. The molecule has 0 aliphatic heterocycles. The Morgan fingerprint density at radius 3 is 2.29 bits per heavy atom. The van der Waals surface area contributed by atoms with Crippen molar-refractivity contribution >= 4 is 21.6 Å². The van der Waals surface area contributed by atoms with Gasteiger partial charge in [-0.2, -0.15) is 18.4 Å². The van der Waals surface area contributed by atoms with Crippen LogP contribution in [0.15, 0.2) is 46.9 Å². The highest BCUT2D eigenvalue weighted by Crippen LogP contribution is 2.34. The molecule has 0 saturated carbocycles. The molecular weight excluding hydrogens is 345 g/mol. The van der Waals surface area contributed by atoms with Gasteiger partial charge in [-0.25, -0.2) is 0 Å². The summed E-state index contributed by atoms with van der Waals surface area (Å²) in [4.78, 5) is 0. The number of rotatable bonds is 3. The molecule has 2 nitrogen and oxygen atoms in total. The second-order valence-electron chi connectivity index (χ2n) is 4.35. The Morgan fingerprint density at radius 1 is 1.10 bits per heavy atom. The molecule has 2 rings (SSSR count). The van der Waals surface area contributed by atoms with Crippen molar-refractivity contribution in [3.63, 3.8) is 0 Å². The van der Waals surface area contributed by atoms with E-state index in [4.69, 9.17) is 5.26 Å². The summed E-state index contributed by atoms with van der Waals surface area (Å²) in [5.41, 5.74) is 1.38. The van der Waals surface area contributed by atoms with E-state index in [1.54, 1.807) is 24.3 Å². The van der Waals surface area contributed by atoms with Crippen molar-refractivity contribution in [2.45, 2.75) is 12.7 Å². The van der Waals surface area contributed by atoms with Crippen molar-refractivity contribution in [2.75, 3.05) is 5.32 Å². The summed E-state index contributed by atoms with van der Waals surface area (Å²) in [6, 6.07) is 12.5. The fraction of sp³-hybridized carbons (Fsp3) is 0.133. The molecule has 0 aliphatic carbocycles. The third kappa shape index (κ3) is 3.99. The Balaban J connectivity index is 2.08. The minimum Gasteiger partial charge on any atom is -0.380 e. The number of hydrogen-bond acceptors (Lipinski definition) is 2. The predicted octanol–water partition coefficient (Wildman–Crippen LogP) is 4.95. The first kappa shape index (κ1) is 15.4.